The quantitative estimate of drug-likeness (QED) is 0.719. The molecule has 0 bridgehead atoms. The molecular formula is C19H20O2. The van der Waals surface area contributed by atoms with Crippen molar-refractivity contribution in [3.8, 4) is 11.5 Å². The van der Waals surface area contributed by atoms with Crippen molar-refractivity contribution in [2.75, 3.05) is 0 Å². The summed E-state index contributed by atoms with van der Waals surface area (Å²) in [5.41, 5.74) is 0.913. The second-order valence-corrected chi connectivity index (χ2v) is 4.37. The fourth-order valence-electron chi connectivity index (χ4n) is 2.14. The first kappa shape index (κ1) is 15.1. The van der Waals surface area contributed by atoms with Gasteiger partial charge in [-0.3, -0.25) is 0 Å². The molecule has 108 valence electrons. The predicted octanol–water partition coefficient (Wildman–Crippen LogP) is 5.15. The molecule has 3 aromatic rings. The summed E-state index contributed by atoms with van der Waals surface area (Å²) >= 11 is 0. The van der Waals surface area contributed by atoms with Crippen molar-refractivity contribution in [1.82, 2.24) is 0 Å². The van der Waals surface area contributed by atoms with E-state index in [1.54, 1.807) is 0 Å². The van der Waals surface area contributed by atoms with Crippen LogP contribution in [0.25, 0.3) is 10.8 Å². The van der Waals surface area contributed by atoms with Crippen LogP contribution in [0.5, 0.6) is 11.5 Å². The fraction of sp³-hybridized carbons (Fsp3) is 0.158. The van der Waals surface area contributed by atoms with E-state index in [4.69, 9.17) is 4.74 Å². The minimum Gasteiger partial charge on any atom is -0.457 e. The largest absolute Gasteiger partial charge is 0.457 e. The molecule has 1 N–H and O–H groups in total. The van der Waals surface area contributed by atoms with Crippen LogP contribution in [0.15, 0.2) is 66.7 Å². The Kier molecular flexibility index (Phi) is 5.35. The Bertz CT molecular complexity index is 690. The number of para-hydroxylation sites is 1. The Morgan fingerprint density at radius 3 is 2.29 bits per heavy atom. The van der Waals surface area contributed by atoms with Crippen LogP contribution >= 0.6 is 0 Å². The monoisotopic (exact) mass is 280 g/mol. The number of hydrogen-bond acceptors (Lipinski definition) is 2. The normalized spacial score (nSPS) is 9.86. The zero-order valence-electron chi connectivity index (χ0n) is 12.4. The molecule has 0 aliphatic rings. The number of fused-ring (bicyclic) bond motifs is 1. The number of benzene rings is 3. The Morgan fingerprint density at radius 2 is 1.57 bits per heavy atom. The maximum absolute atomic E-state index is 9.38. The Hall–Kier alpha value is -2.32. The van der Waals surface area contributed by atoms with E-state index in [1.165, 1.54) is 0 Å². The minimum absolute atomic E-state index is 0.0339. The van der Waals surface area contributed by atoms with E-state index >= 15 is 0 Å². The third kappa shape index (κ3) is 3.61. The van der Waals surface area contributed by atoms with E-state index < -0.39 is 0 Å². The molecule has 0 aliphatic carbocycles. The van der Waals surface area contributed by atoms with Crippen molar-refractivity contribution in [3.05, 3.63) is 72.3 Å². The molecular weight excluding hydrogens is 260 g/mol. The summed E-state index contributed by atoms with van der Waals surface area (Å²) in [6, 6.07) is 21.5. The third-order valence-corrected chi connectivity index (χ3v) is 3.09. The zero-order chi connectivity index (χ0) is 15.1. The average Bonchev–Trinajstić information content (AvgIpc) is 2.57. The summed E-state index contributed by atoms with van der Waals surface area (Å²) in [6.45, 7) is 4.03. The highest BCUT2D eigenvalue weighted by Gasteiger charge is 2.03. The molecule has 0 atom stereocenters. The van der Waals surface area contributed by atoms with Crippen LogP contribution in [-0.2, 0) is 6.61 Å². The van der Waals surface area contributed by atoms with Crippen LogP contribution in [0.4, 0.5) is 0 Å². The Balaban J connectivity index is 0.000000774. The molecule has 0 aromatic heterocycles. The maximum atomic E-state index is 9.38. The smallest absolute Gasteiger partial charge is 0.128 e. The Morgan fingerprint density at radius 1 is 0.810 bits per heavy atom. The van der Waals surface area contributed by atoms with Gasteiger partial charge in [-0.05, 0) is 40.6 Å². The van der Waals surface area contributed by atoms with Crippen LogP contribution in [0, 0.1) is 0 Å². The van der Waals surface area contributed by atoms with Crippen molar-refractivity contribution in [2.24, 2.45) is 0 Å². The molecule has 0 spiro atoms. The van der Waals surface area contributed by atoms with Gasteiger partial charge in [-0.1, -0.05) is 56.3 Å². The number of rotatable bonds is 3. The maximum Gasteiger partial charge on any atom is 0.128 e. The molecule has 3 rings (SSSR count). The summed E-state index contributed by atoms with van der Waals surface area (Å²) in [6.07, 6.45) is 0. The summed E-state index contributed by atoms with van der Waals surface area (Å²) in [5, 5.41) is 11.5. The van der Waals surface area contributed by atoms with Crippen molar-refractivity contribution in [2.45, 2.75) is 20.5 Å². The second-order valence-electron chi connectivity index (χ2n) is 4.37. The van der Waals surface area contributed by atoms with E-state index in [1.807, 2.05) is 80.6 Å². The first-order valence-corrected chi connectivity index (χ1v) is 7.22. The summed E-state index contributed by atoms with van der Waals surface area (Å²) in [5.74, 6) is 1.59. The standard InChI is InChI=1S/C17H14O2.C2H6/c18-12-14-6-4-5-13-9-10-16(11-17(13)14)19-15-7-2-1-3-8-15;1-2/h1-11,18H,12H2;1-2H3. The van der Waals surface area contributed by atoms with E-state index in [2.05, 4.69) is 0 Å². The van der Waals surface area contributed by atoms with Crippen LogP contribution in [0.2, 0.25) is 0 Å². The van der Waals surface area contributed by atoms with E-state index in [-0.39, 0.29) is 6.61 Å². The van der Waals surface area contributed by atoms with Gasteiger partial charge in [0.15, 0.2) is 0 Å². The lowest BCUT2D eigenvalue weighted by molar-refractivity contribution is 0.283. The van der Waals surface area contributed by atoms with Gasteiger partial charge in [0, 0.05) is 0 Å². The lowest BCUT2D eigenvalue weighted by Crippen LogP contribution is -1.88. The van der Waals surface area contributed by atoms with Gasteiger partial charge < -0.3 is 9.84 Å². The summed E-state index contributed by atoms with van der Waals surface area (Å²) in [4.78, 5) is 0. The molecule has 2 heteroatoms. The minimum atomic E-state index is 0.0339. The molecule has 2 nitrogen and oxygen atoms in total. The molecule has 3 aromatic carbocycles. The lowest BCUT2D eigenvalue weighted by Gasteiger charge is -2.08. The second kappa shape index (κ2) is 7.46. The van der Waals surface area contributed by atoms with E-state index in [0.717, 1.165) is 27.8 Å². The van der Waals surface area contributed by atoms with Crippen molar-refractivity contribution in [3.63, 3.8) is 0 Å². The highest BCUT2D eigenvalue weighted by molar-refractivity contribution is 5.87. The first-order chi connectivity index (χ1) is 10.4. The zero-order valence-corrected chi connectivity index (χ0v) is 12.4. The summed E-state index contributed by atoms with van der Waals surface area (Å²) < 4.78 is 5.80. The Labute approximate surface area is 125 Å². The molecule has 0 fully saturated rings. The molecule has 21 heavy (non-hydrogen) atoms. The first-order valence-electron chi connectivity index (χ1n) is 7.22. The van der Waals surface area contributed by atoms with Gasteiger partial charge in [0.2, 0.25) is 0 Å². The number of ether oxygens (including phenoxy) is 1. The highest BCUT2D eigenvalue weighted by Crippen LogP contribution is 2.27. The highest BCUT2D eigenvalue weighted by atomic mass is 16.5. The van der Waals surface area contributed by atoms with Crippen LogP contribution in [-0.4, -0.2) is 5.11 Å². The molecule has 0 saturated heterocycles. The molecule has 0 unspecified atom stereocenters. The third-order valence-electron chi connectivity index (χ3n) is 3.09. The van der Waals surface area contributed by atoms with E-state index in [0.29, 0.717) is 0 Å². The average molecular weight is 280 g/mol. The predicted molar refractivity (Wildman–Crippen MR) is 87.7 cm³/mol. The number of aliphatic hydroxyl groups excluding tert-OH is 1. The van der Waals surface area contributed by atoms with E-state index in [9.17, 15) is 5.11 Å². The number of hydrogen-bond donors (Lipinski definition) is 1. The molecule has 0 amide bonds. The van der Waals surface area contributed by atoms with Crippen molar-refractivity contribution in [1.29, 1.82) is 0 Å². The lowest BCUT2D eigenvalue weighted by atomic mass is 10.0. The van der Waals surface area contributed by atoms with Crippen LogP contribution in [0.3, 0.4) is 0 Å². The molecule has 0 saturated carbocycles. The van der Waals surface area contributed by atoms with Gasteiger partial charge >= 0.3 is 0 Å². The van der Waals surface area contributed by atoms with Crippen molar-refractivity contribution < 1.29 is 9.84 Å². The van der Waals surface area contributed by atoms with Crippen LogP contribution in [0.1, 0.15) is 19.4 Å². The van der Waals surface area contributed by atoms with Gasteiger partial charge in [-0.2, -0.15) is 0 Å². The summed E-state index contributed by atoms with van der Waals surface area (Å²) in [7, 11) is 0. The number of aliphatic hydroxyl groups is 1. The van der Waals surface area contributed by atoms with Gasteiger partial charge in [0.05, 0.1) is 6.61 Å². The van der Waals surface area contributed by atoms with Crippen LogP contribution < -0.4 is 4.74 Å². The molecule has 0 radical (unpaired) electrons. The topological polar surface area (TPSA) is 29.5 Å². The molecule has 0 heterocycles. The SMILES string of the molecule is CC.OCc1cccc2ccc(Oc3ccccc3)cc12. The van der Waals surface area contributed by atoms with Gasteiger partial charge in [-0.15, -0.1) is 0 Å². The van der Waals surface area contributed by atoms with Crippen molar-refractivity contribution >= 4 is 10.8 Å². The van der Waals surface area contributed by atoms with Gasteiger partial charge in [0.1, 0.15) is 11.5 Å². The fourth-order valence-corrected chi connectivity index (χ4v) is 2.14. The molecule has 0 aliphatic heterocycles. The van der Waals surface area contributed by atoms with Gasteiger partial charge in [-0.25, -0.2) is 0 Å². The van der Waals surface area contributed by atoms with Gasteiger partial charge in [0.25, 0.3) is 0 Å².